The Morgan fingerprint density at radius 2 is 1.74 bits per heavy atom. The Balaban J connectivity index is 1.31. The number of pyridine rings is 2. The second-order valence-corrected chi connectivity index (χ2v) is 10.8. The third-order valence-electron chi connectivity index (χ3n) is 5.93. The monoisotopic (exact) mass is 557 g/mol. The first-order chi connectivity index (χ1) is 19.1. The van der Waals surface area contributed by atoms with Gasteiger partial charge in [-0.25, -0.2) is 19.3 Å². The number of carbonyl (C=O) groups is 1. The predicted octanol–water partition coefficient (Wildman–Crippen LogP) is 6.02. The lowest BCUT2D eigenvalue weighted by atomic mass is 9.88. The fraction of sp³-hybridized carbons (Fsp3) is 0.103. The van der Waals surface area contributed by atoms with Crippen LogP contribution in [-0.4, -0.2) is 32.5 Å². The lowest BCUT2D eigenvalue weighted by Gasteiger charge is -2.21. The molecule has 0 aliphatic heterocycles. The number of nitrogens with one attached hydrogen (secondary N) is 2. The number of anilines is 2. The fourth-order valence-corrected chi connectivity index (χ4v) is 5.94. The first-order valence-corrected chi connectivity index (χ1v) is 13.7. The van der Waals surface area contributed by atoms with E-state index in [1.54, 1.807) is 12.4 Å². The van der Waals surface area contributed by atoms with E-state index in [4.69, 9.17) is 0 Å². The van der Waals surface area contributed by atoms with Gasteiger partial charge in [-0.1, -0.05) is 83.8 Å². The van der Waals surface area contributed by atoms with Gasteiger partial charge in [-0.05, 0) is 34.9 Å². The molecule has 0 fully saturated rings. The summed E-state index contributed by atoms with van der Waals surface area (Å²) < 4.78 is 16.2. The molecule has 39 heavy (non-hydrogen) atoms. The van der Waals surface area contributed by atoms with Gasteiger partial charge in [0.15, 0.2) is 16.6 Å². The Bertz CT molecular complexity index is 1550. The van der Waals surface area contributed by atoms with E-state index in [0.29, 0.717) is 10.9 Å². The highest BCUT2D eigenvalue weighted by Crippen LogP contribution is 2.36. The van der Waals surface area contributed by atoms with Crippen molar-refractivity contribution in [2.45, 2.75) is 21.6 Å². The van der Waals surface area contributed by atoms with Crippen LogP contribution in [0, 0.1) is 5.82 Å². The molecule has 0 aliphatic rings. The Morgan fingerprint density at radius 1 is 0.949 bits per heavy atom. The summed E-state index contributed by atoms with van der Waals surface area (Å²) in [5.41, 5.74) is 2.35. The summed E-state index contributed by atoms with van der Waals surface area (Å²) in [6, 6.07) is 24.3. The van der Waals surface area contributed by atoms with Gasteiger partial charge < -0.3 is 15.7 Å². The number of hydrogen-bond donors (Lipinski definition) is 3. The van der Waals surface area contributed by atoms with E-state index in [0.717, 1.165) is 20.9 Å². The van der Waals surface area contributed by atoms with E-state index in [1.807, 2.05) is 72.8 Å². The first-order valence-electron chi connectivity index (χ1n) is 12.1. The van der Waals surface area contributed by atoms with Gasteiger partial charge >= 0.3 is 0 Å². The number of nitrogens with zero attached hydrogens (tertiary/aromatic N) is 3. The zero-order chi connectivity index (χ0) is 27.0. The first kappa shape index (κ1) is 26.5. The van der Waals surface area contributed by atoms with Gasteiger partial charge in [0.05, 0.1) is 21.9 Å². The average molecular weight is 558 g/mol. The molecular weight excluding hydrogens is 533 g/mol. The number of rotatable bonds is 10. The predicted molar refractivity (Wildman–Crippen MR) is 151 cm³/mol. The van der Waals surface area contributed by atoms with Crippen molar-refractivity contribution >= 4 is 40.0 Å². The molecule has 3 N–H and O–H groups in total. The highest BCUT2D eigenvalue weighted by atomic mass is 32.2. The molecule has 1 atom stereocenters. The minimum Gasteiger partial charge on any atom is -0.392 e. The van der Waals surface area contributed by atoms with Crippen molar-refractivity contribution in [2.24, 2.45) is 0 Å². The zero-order valence-corrected chi connectivity index (χ0v) is 22.3. The molecule has 0 saturated heterocycles. The molecule has 0 saturated carbocycles. The standard InChI is InChI=1S/C29H24FN5O2S2/c30-26-23(38-25-17-34-29(39-25)35-24-12-6-7-14-31-24)13-15-32-27(26)28(37)33-16-22(19-8-2-1-3-9-19)21-11-5-4-10-20(21)18-36/h1-15,17,22,36H,16,18H2,(H,33,37)(H,31,34,35)/t22-/m1/s1. The van der Waals surface area contributed by atoms with Crippen LogP contribution in [0.3, 0.4) is 0 Å². The maximum atomic E-state index is 15.4. The molecular formula is C29H24FN5O2S2. The summed E-state index contributed by atoms with van der Waals surface area (Å²) in [4.78, 5) is 25.9. The highest BCUT2D eigenvalue weighted by Gasteiger charge is 2.22. The van der Waals surface area contributed by atoms with E-state index >= 15 is 4.39 Å². The lowest BCUT2D eigenvalue weighted by Crippen LogP contribution is -2.30. The molecule has 196 valence electrons. The second kappa shape index (κ2) is 12.6. The van der Waals surface area contributed by atoms with E-state index in [9.17, 15) is 9.90 Å². The van der Waals surface area contributed by atoms with Crippen LogP contribution in [0.5, 0.6) is 0 Å². The van der Waals surface area contributed by atoms with Crippen molar-refractivity contribution in [1.82, 2.24) is 20.3 Å². The summed E-state index contributed by atoms with van der Waals surface area (Å²) in [6.07, 6.45) is 4.74. The molecule has 0 spiro atoms. The molecule has 7 nitrogen and oxygen atoms in total. The van der Waals surface area contributed by atoms with Gasteiger partial charge in [-0.3, -0.25) is 4.79 Å². The maximum Gasteiger partial charge on any atom is 0.273 e. The number of aliphatic hydroxyl groups excluding tert-OH is 1. The number of halogens is 1. The molecule has 10 heteroatoms. The molecule has 0 bridgehead atoms. The van der Waals surface area contributed by atoms with Crippen LogP contribution < -0.4 is 10.6 Å². The Labute approximate surface area is 233 Å². The Morgan fingerprint density at radius 3 is 2.54 bits per heavy atom. The Kier molecular flexibility index (Phi) is 8.57. The van der Waals surface area contributed by atoms with Gasteiger partial charge in [-0.2, -0.15) is 0 Å². The number of hydrogen-bond acceptors (Lipinski definition) is 8. The van der Waals surface area contributed by atoms with Gasteiger partial charge in [0.1, 0.15) is 5.82 Å². The smallest absolute Gasteiger partial charge is 0.273 e. The summed E-state index contributed by atoms with van der Waals surface area (Å²) in [6.45, 7) is 0.0787. The van der Waals surface area contributed by atoms with Crippen molar-refractivity contribution in [3.05, 3.63) is 126 Å². The van der Waals surface area contributed by atoms with Crippen LogP contribution in [-0.2, 0) is 6.61 Å². The second-order valence-electron chi connectivity index (χ2n) is 8.43. The van der Waals surface area contributed by atoms with Gasteiger partial charge in [-0.15, -0.1) is 0 Å². The summed E-state index contributed by atoms with van der Waals surface area (Å²) in [7, 11) is 0. The van der Waals surface area contributed by atoms with Crippen molar-refractivity contribution < 1.29 is 14.3 Å². The normalized spacial score (nSPS) is 11.6. The van der Waals surface area contributed by atoms with Crippen LogP contribution in [0.2, 0.25) is 0 Å². The largest absolute Gasteiger partial charge is 0.392 e. The molecule has 1 amide bonds. The number of thiazole rings is 1. The highest BCUT2D eigenvalue weighted by molar-refractivity contribution is 8.01. The fourth-order valence-electron chi connectivity index (χ4n) is 4.07. The molecule has 3 aromatic heterocycles. The Hall–Kier alpha value is -4.12. The minimum absolute atomic E-state index is 0.125. The van der Waals surface area contributed by atoms with Crippen LogP contribution in [0.4, 0.5) is 15.3 Å². The number of carbonyl (C=O) groups excluding carboxylic acids is 1. The molecule has 3 heterocycles. The van der Waals surface area contributed by atoms with Crippen LogP contribution >= 0.6 is 23.1 Å². The lowest BCUT2D eigenvalue weighted by molar-refractivity contribution is 0.0942. The summed E-state index contributed by atoms with van der Waals surface area (Å²) in [5, 5.41) is 16.5. The van der Waals surface area contributed by atoms with Crippen LogP contribution in [0.25, 0.3) is 0 Å². The van der Waals surface area contributed by atoms with Gasteiger partial charge in [0.2, 0.25) is 0 Å². The number of aliphatic hydroxyl groups is 1. The van der Waals surface area contributed by atoms with Crippen molar-refractivity contribution in [2.75, 3.05) is 11.9 Å². The van der Waals surface area contributed by atoms with Gasteiger partial charge in [0.25, 0.3) is 5.91 Å². The molecule has 0 aliphatic carbocycles. The molecule has 0 unspecified atom stereocenters. The molecule has 5 rings (SSSR count). The zero-order valence-electron chi connectivity index (χ0n) is 20.6. The van der Waals surface area contributed by atoms with Gasteiger partial charge in [0, 0.05) is 24.9 Å². The minimum atomic E-state index is -0.695. The quantitative estimate of drug-likeness (QED) is 0.193. The van der Waals surface area contributed by atoms with Crippen LogP contribution in [0.1, 0.15) is 33.1 Å². The van der Waals surface area contributed by atoms with Crippen molar-refractivity contribution in [3.8, 4) is 0 Å². The van der Waals surface area contributed by atoms with Crippen LogP contribution in [0.15, 0.2) is 107 Å². The summed E-state index contributed by atoms with van der Waals surface area (Å²) >= 11 is 2.52. The number of aromatic nitrogens is 3. The SMILES string of the molecule is O=C(NC[C@H](c1ccccc1)c1ccccc1CO)c1nccc(Sc2cnc(Nc3ccccn3)s2)c1F. The number of benzene rings is 2. The number of amides is 1. The average Bonchev–Trinajstić information content (AvgIpc) is 3.42. The van der Waals surface area contributed by atoms with E-state index in [-0.39, 0.29) is 29.7 Å². The molecule has 5 aromatic rings. The third-order valence-corrected chi connectivity index (χ3v) is 7.98. The summed E-state index contributed by atoms with van der Waals surface area (Å²) in [5.74, 6) is -0.881. The molecule has 0 radical (unpaired) electrons. The maximum absolute atomic E-state index is 15.4. The third kappa shape index (κ3) is 6.48. The van der Waals surface area contributed by atoms with E-state index in [1.165, 1.54) is 35.4 Å². The topological polar surface area (TPSA) is 100 Å². The van der Waals surface area contributed by atoms with Crippen molar-refractivity contribution in [1.29, 1.82) is 0 Å². The van der Waals surface area contributed by atoms with E-state index in [2.05, 4.69) is 25.6 Å². The van der Waals surface area contributed by atoms with Crippen molar-refractivity contribution in [3.63, 3.8) is 0 Å². The molecule has 2 aromatic carbocycles. The van der Waals surface area contributed by atoms with E-state index < -0.39 is 11.7 Å².